The Hall–Kier alpha value is -1.63. The Balaban J connectivity index is 2.13. The summed E-state index contributed by atoms with van der Waals surface area (Å²) >= 11 is 0. The van der Waals surface area contributed by atoms with Crippen LogP contribution in [0.3, 0.4) is 0 Å². The Morgan fingerprint density at radius 3 is 2.50 bits per heavy atom. The predicted molar refractivity (Wildman–Crippen MR) is 60.7 cm³/mol. The van der Waals surface area contributed by atoms with Gasteiger partial charge in [0.1, 0.15) is 11.9 Å². The minimum atomic E-state index is -4.85. The third-order valence-corrected chi connectivity index (χ3v) is 2.95. The zero-order valence-corrected chi connectivity index (χ0v) is 10.4. The highest BCUT2D eigenvalue weighted by Crippen LogP contribution is 2.32. The molecular weight excluding hydrogens is 280 g/mol. The number of rotatable bonds is 2. The Bertz CT molecular complexity index is 493. The van der Waals surface area contributed by atoms with Crippen LogP contribution in [0.1, 0.15) is 28.8 Å². The summed E-state index contributed by atoms with van der Waals surface area (Å²) in [5.74, 6) is -2.30. The minimum absolute atomic E-state index is 0.315. The van der Waals surface area contributed by atoms with Gasteiger partial charge in [0.15, 0.2) is 0 Å². The average molecular weight is 292 g/mol. The van der Waals surface area contributed by atoms with Crippen LogP contribution in [0.15, 0.2) is 18.2 Å². The van der Waals surface area contributed by atoms with Gasteiger partial charge in [0.05, 0.1) is 24.3 Å². The van der Waals surface area contributed by atoms with Gasteiger partial charge in [-0.05, 0) is 18.2 Å². The third kappa shape index (κ3) is 3.47. The van der Waals surface area contributed by atoms with Gasteiger partial charge in [-0.1, -0.05) is 0 Å². The van der Waals surface area contributed by atoms with E-state index in [4.69, 9.17) is 9.47 Å². The highest BCUT2D eigenvalue weighted by Gasteiger charge is 2.35. The van der Waals surface area contributed by atoms with Crippen molar-refractivity contribution in [2.75, 3.05) is 13.2 Å². The molecule has 0 radical (unpaired) electrons. The monoisotopic (exact) mass is 292 g/mol. The van der Waals surface area contributed by atoms with E-state index >= 15 is 0 Å². The van der Waals surface area contributed by atoms with Crippen molar-refractivity contribution in [1.29, 1.82) is 0 Å². The Kier molecular flexibility index (Phi) is 4.27. The molecule has 20 heavy (non-hydrogen) atoms. The molecule has 3 nitrogen and oxygen atoms in total. The summed E-state index contributed by atoms with van der Waals surface area (Å²) in [6.45, 7) is 0.879. The van der Waals surface area contributed by atoms with Gasteiger partial charge in [-0.15, -0.1) is 0 Å². The minimum Gasteiger partial charge on any atom is -0.459 e. The highest BCUT2D eigenvalue weighted by atomic mass is 19.4. The maximum Gasteiger partial charge on any atom is 0.419 e. The maximum absolute atomic E-state index is 13.1. The van der Waals surface area contributed by atoms with E-state index in [1.807, 2.05) is 0 Å². The molecule has 0 atom stereocenters. The molecule has 1 fully saturated rings. The largest absolute Gasteiger partial charge is 0.459 e. The van der Waals surface area contributed by atoms with Gasteiger partial charge >= 0.3 is 12.1 Å². The van der Waals surface area contributed by atoms with Crippen molar-refractivity contribution in [2.24, 2.45) is 0 Å². The van der Waals surface area contributed by atoms with E-state index in [1.54, 1.807) is 0 Å². The number of carbonyl (C=O) groups excluding carboxylic acids is 1. The Labute approximate surface area is 112 Å². The van der Waals surface area contributed by atoms with E-state index in [2.05, 4.69) is 0 Å². The van der Waals surface area contributed by atoms with Crippen LogP contribution in [-0.4, -0.2) is 25.3 Å². The fourth-order valence-electron chi connectivity index (χ4n) is 1.88. The molecule has 0 spiro atoms. The fraction of sp³-hybridized carbons (Fsp3) is 0.462. The maximum atomic E-state index is 13.1. The fourth-order valence-corrected chi connectivity index (χ4v) is 1.88. The van der Waals surface area contributed by atoms with Gasteiger partial charge in [-0.2, -0.15) is 13.2 Å². The molecule has 0 unspecified atom stereocenters. The van der Waals surface area contributed by atoms with Crippen LogP contribution in [0.5, 0.6) is 0 Å². The summed E-state index contributed by atoms with van der Waals surface area (Å²) in [7, 11) is 0. The number of halogens is 4. The topological polar surface area (TPSA) is 35.5 Å². The first kappa shape index (κ1) is 14.8. The van der Waals surface area contributed by atoms with Gasteiger partial charge in [0, 0.05) is 12.8 Å². The van der Waals surface area contributed by atoms with Crippen LogP contribution in [-0.2, 0) is 15.7 Å². The van der Waals surface area contributed by atoms with E-state index in [9.17, 15) is 22.4 Å². The van der Waals surface area contributed by atoms with Crippen molar-refractivity contribution in [3.63, 3.8) is 0 Å². The molecule has 1 heterocycles. The number of ether oxygens (including phenoxy) is 2. The Morgan fingerprint density at radius 2 is 1.90 bits per heavy atom. The summed E-state index contributed by atoms with van der Waals surface area (Å²) in [6.07, 6.45) is -4.23. The van der Waals surface area contributed by atoms with E-state index < -0.39 is 23.5 Å². The highest BCUT2D eigenvalue weighted by molar-refractivity contribution is 5.89. The Morgan fingerprint density at radius 1 is 1.25 bits per heavy atom. The van der Waals surface area contributed by atoms with Crippen molar-refractivity contribution in [1.82, 2.24) is 0 Å². The summed E-state index contributed by atoms with van der Waals surface area (Å²) < 4.78 is 60.9. The van der Waals surface area contributed by atoms with Gasteiger partial charge in [0.2, 0.25) is 0 Å². The average Bonchev–Trinajstić information content (AvgIpc) is 2.39. The number of alkyl halides is 3. The summed E-state index contributed by atoms with van der Waals surface area (Å²) in [5, 5.41) is 0. The van der Waals surface area contributed by atoms with E-state index in [0.717, 1.165) is 6.07 Å². The lowest BCUT2D eigenvalue weighted by Crippen LogP contribution is -2.26. The molecule has 1 aliphatic rings. The summed E-state index contributed by atoms with van der Waals surface area (Å²) in [6, 6.07) is 2.06. The second-order valence-electron chi connectivity index (χ2n) is 4.41. The molecule has 0 bridgehead atoms. The van der Waals surface area contributed by atoms with Crippen LogP contribution in [0, 0.1) is 5.82 Å². The summed E-state index contributed by atoms with van der Waals surface area (Å²) in [5.41, 5.74) is -1.79. The van der Waals surface area contributed by atoms with Crippen LogP contribution in [0.4, 0.5) is 17.6 Å². The van der Waals surface area contributed by atoms with Crippen LogP contribution >= 0.6 is 0 Å². The molecule has 1 aromatic rings. The van der Waals surface area contributed by atoms with Gasteiger partial charge in [-0.25, -0.2) is 9.18 Å². The van der Waals surface area contributed by atoms with E-state index in [-0.39, 0.29) is 11.7 Å². The quantitative estimate of drug-likeness (QED) is 0.620. The van der Waals surface area contributed by atoms with Crippen LogP contribution < -0.4 is 0 Å². The first-order valence-corrected chi connectivity index (χ1v) is 6.03. The molecule has 1 saturated heterocycles. The molecule has 2 rings (SSSR count). The lowest BCUT2D eigenvalue weighted by molar-refractivity contribution is -0.140. The third-order valence-electron chi connectivity index (χ3n) is 2.95. The van der Waals surface area contributed by atoms with Crippen LogP contribution in [0.25, 0.3) is 0 Å². The molecule has 0 aliphatic carbocycles. The number of esters is 1. The smallest absolute Gasteiger partial charge is 0.419 e. The number of hydrogen-bond donors (Lipinski definition) is 0. The van der Waals surface area contributed by atoms with Gasteiger partial charge in [-0.3, -0.25) is 0 Å². The molecular formula is C13H12F4O3. The molecule has 7 heteroatoms. The molecule has 0 N–H and O–H groups in total. The van der Waals surface area contributed by atoms with Crippen molar-refractivity contribution in [3.8, 4) is 0 Å². The number of benzene rings is 1. The second-order valence-corrected chi connectivity index (χ2v) is 4.41. The SMILES string of the molecule is O=C(OC1CCOCC1)c1ccc(F)c(C(F)(F)F)c1. The van der Waals surface area contributed by atoms with E-state index in [1.165, 1.54) is 0 Å². The lowest BCUT2D eigenvalue weighted by Gasteiger charge is -2.22. The normalized spacial score (nSPS) is 17.0. The van der Waals surface area contributed by atoms with Gasteiger partial charge < -0.3 is 9.47 Å². The van der Waals surface area contributed by atoms with Gasteiger partial charge in [0.25, 0.3) is 0 Å². The zero-order chi connectivity index (χ0) is 14.8. The van der Waals surface area contributed by atoms with Crippen molar-refractivity contribution >= 4 is 5.97 Å². The van der Waals surface area contributed by atoms with Crippen LogP contribution in [0.2, 0.25) is 0 Å². The van der Waals surface area contributed by atoms with E-state index in [0.29, 0.717) is 38.2 Å². The first-order chi connectivity index (χ1) is 9.38. The molecule has 0 saturated carbocycles. The van der Waals surface area contributed by atoms with Crippen molar-refractivity contribution < 1.29 is 31.8 Å². The molecule has 0 amide bonds. The number of hydrogen-bond acceptors (Lipinski definition) is 3. The molecule has 1 aliphatic heterocycles. The molecule has 0 aromatic heterocycles. The predicted octanol–water partition coefficient (Wildman–Crippen LogP) is 3.18. The lowest BCUT2D eigenvalue weighted by atomic mass is 10.1. The van der Waals surface area contributed by atoms with Crippen molar-refractivity contribution in [2.45, 2.75) is 25.1 Å². The standard InChI is InChI=1S/C13H12F4O3/c14-11-2-1-8(7-10(11)13(15,16)17)12(18)20-9-3-5-19-6-4-9/h1-2,7,9H,3-6H2. The molecule has 110 valence electrons. The summed E-state index contributed by atoms with van der Waals surface area (Å²) in [4.78, 5) is 11.8. The molecule has 1 aromatic carbocycles. The second kappa shape index (κ2) is 5.78. The zero-order valence-electron chi connectivity index (χ0n) is 10.4. The van der Waals surface area contributed by atoms with Crippen molar-refractivity contribution in [3.05, 3.63) is 35.1 Å². The number of carbonyl (C=O) groups is 1. The first-order valence-electron chi connectivity index (χ1n) is 6.03.